The van der Waals surface area contributed by atoms with Crippen LogP contribution in [0.1, 0.15) is 20.8 Å². The molecule has 5 nitrogen and oxygen atoms in total. The molecule has 128 valence electrons. The second-order valence-corrected chi connectivity index (χ2v) is 5.82. The van der Waals surface area contributed by atoms with Gasteiger partial charge in [-0.25, -0.2) is 4.99 Å². The van der Waals surface area contributed by atoms with Gasteiger partial charge in [0.15, 0.2) is 11.6 Å². The second kappa shape index (κ2) is 8.55. The maximum absolute atomic E-state index is 12.0. The number of benzene rings is 1. The van der Waals surface area contributed by atoms with E-state index in [1.54, 1.807) is 6.92 Å². The zero-order chi connectivity index (χ0) is 17.5. The van der Waals surface area contributed by atoms with Crippen molar-refractivity contribution in [1.29, 1.82) is 0 Å². The molecule has 0 aromatic heterocycles. The summed E-state index contributed by atoms with van der Waals surface area (Å²) in [5.74, 6) is -1.01. The number of nitrogens with zero attached hydrogens (tertiary/aromatic N) is 2. The Morgan fingerprint density at radius 3 is 2.38 bits per heavy atom. The minimum absolute atomic E-state index is 0.160. The predicted octanol–water partition coefficient (Wildman–Crippen LogP) is 2.86. The van der Waals surface area contributed by atoms with Gasteiger partial charge in [-0.3, -0.25) is 9.59 Å². The quantitative estimate of drug-likeness (QED) is 0.782. The van der Waals surface area contributed by atoms with E-state index in [4.69, 9.17) is 0 Å². The summed E-state index contributed by atoms with van der Waals surface area (Å²) in [6.45, 7) is 9.93. The van der Waals surface area contributed by atoms with Crippen LogP contribution >= 0.6 is 0 Å². The van der Waals surface area contributed by atoms with E-state index in [0.717, 1.165) is 31.9 Å². The number of Topliss-reactive ketones (excluding diaryl/α,β-unsaturated/α-hetero) is 1. The summed E-state index contributed by atoms with van der Waals surface area (Å²) in [7, 11) is 0. The van der Waals surface area contributed by atoms with Crippen LogP contribution in [0.4, 0.5) is 11.4 Å². The van der Waals surface area contributed by atoms with Gasteiger partial charge in [-0.05, 0) is 56.4 Å². The molecular formula is C19H25N3O2. The maximum atomic E-state index is 12.0. The highest BCUT2D eigenvalue weighted by molar-refractivity contribution is 6.50. The standard InChI is InChI=1S/C19H25N3O2/c1-4-22(5-2)13-12-20-15-6-8-16(9-7-15)21-17-10-11-18(23)14(3)19(17)24/h6-11,14,20H,4-5,12-13H2,1-3H3. The molecule has 0 bridgehead atoms. The summed E-state index contributed by atoms with van der Waals surface area (Å²) in [6.07, 6.45) is 2.93. The van der Waals surface area contributed by atoms with Gasteiger partial charge < -0.3 is 10.2 Å². The first kappa shape index (κ1) is 18.1. The molecule has 0 aliphatic heterocycles. The van der Waals surface area contributed by atoms with E-state index in [1.807, 2.05) is 24.3 Å². The Balaban J connectivity index is 1.97. The number of carbonyl (C=O) groups is 2. The first-order valence-corrected chi connectivity index (χ1v) is 8.46. The molecule has 24 heavy (non-hydrogen) atoms. The Labute approximate surface area is 143 Å². The number of rotatable bonds is 7. The molecule has 0 spiro atoms. The van der Waals surface area contributed by atoms with Gasteiger partial charge >= 0.3 is 0 Å². The number of anilines is 1. The number of hydrogen-bond acceptors (Lipinski definition) is 5. The third-order valence-corrected chi connectivity index (χ3v) is 4.25. The smallest absolute Gasteiger partial charge is 0.191 e. The third kappa shape index (κ3) is 4.61. The van der Waals surface area contributed by atoms with Crippen molar-refractivity contribution >= 4 is 28.7 Å². The largest absolute Gasteiger partial charge is 0.384 e. The van der Waals surface area contributed by atoms with Crippen molar-refractivity contribution in [3.8, 4) is 0 Å². The van der Waals surface area contributed by atoms with Gasteiger partial charge in [0.25, 0.3) is 0 Å². The SMILES string of the molecule is CCN(CC)CCNc1ccc(N=C2C=CC(=O)C(C)C2=O)cc1. The zero-order valence-corrected chi connectivity index (χ0v) is 14.6. The molecule has 0 radical (unpaired) electrons. The topological polar surface area (TPSA) is 61.8 Å². The van der Waals surface area contributed by atoms with Gasteiger partial charge in [0, 0.05) is 18.8 Å². The molecule has 1 aliphatic carbocycles. The maximum Gasteiger partial charge on any atom is 0.191 e. The average molecular weight is 327 g/mol. The number of aliphatic imine (C=N–C) groups is 1. The fourth-order valence-corrected chi connectivity index (χ4v) is 2.52. The molecule has 1 aromatic carbocycles. The van der Waals surface area contributed by atoms with Crippen molar-refractivity contribution in [3.05, 3.63) is 36.4 Å². The molecule has 0 fully saturated rings. The van der Waals surface area contributed by atoms with E-state index in [2.05, 4.69) is 29.1 Å². The summed E-state index contributed by atoms with van der Waals surface area (Å²) < 4.78 is 0. The molecule has 0 heterocycles. The van der Waals surface area contributed by atoms with Crippen molar-refractivity contribution in [2.24, 2.45) is 10.9 Å². The Morgan fingerprint density at radius 2 is 1.75 bits per heavy atom. The highest BCUT2D eigenvalue weighted by Crippen LogP contribution is 2.19. The Bertz CT molecular complexity index is 643. The minimum atomic E-state index is -0.630. The van der Waals surface area contributed by atoms with Crippen molar-refractivity contribution in [3.63, 3.8) is 0 Å². The van der Waals surface area contributed by atoms with E-state index in [9.17, 15) is 9.59 Å². The Kier molecular flexibility index (Phi) is 6.44. The highest BCUT2D eigenvalue weighted by Gasteiger charge is 2.26. The van der Waals surface area contributed by atoms with Gasteiger partial charge in [-0.1, -0.05) is 13.8 Å². The van der Waals surface area contributed by atoms with Gasteiger partial charge in [-0.15, -0.1) is 0 Å². The predicted molar refractivity (Wildman–Crippen MR) is 98.1 cm³/mol. The molecule has 1 aromatic rings. The van der Waals surface area contributed by atoms with Crippen LogP contribution in [-0.4, -0.2) is 48.4 Å². The number of likely N-dealkylation sites (N-methyl/N-ethyl adjacent to an activating group) is 1. The second-order valence-electron chi connectivity index (χ2n) is 5.82. The van der Waals surface area contributed by atoms with Crippen LogP contribution < -0.4 is 5.32 Å². The van der Waals surface area contributed by atoms with Crippen molar-refractivity contribution in [2.75, 3.05) is 31.5 Å². The highest BCUT2D eigenvalue weighted by atomic mass is 16.2. The lowest BCUT2D eigenvalue weighted by molar-refractivity contribution is -0.126. The monoisotopic (exact) mass is 327 g/mol. The first-order chi connectivity index (χ1) is 11.5. The number of nitrogens with one attached hydrogen (secondary N) is 1. The van der Waals surface area contributed by atoms with Crippen LogP contribution in [0.15, 0.2) is 41.4 Å². The van der Waals surface area contributed by atoms with Crippen LogP contribution in [0.3, 0.4) is 0 Å². The molecule has 0 saturated carbocycles. The number of allylic oxidation sites excluding steroid dienone is 2. The van der Waals surface area contributed by atoms with E-state index in [0.29, 0.717) is 11.4 Å². The molecule has 1 unspecified atom stereocenters. The number of ketones is 2. The number of carbonyl (C=O) groups excluding carboxylic acids is 2. The molecule has 1 N–H and O–H groups in total. The van der Waals surface area contributed by atoms with E-state index < -0.39 is 5.92 Å². The minimum Gasteiger partial charge on any atom is -0.384 e. The molecule has 5 heteroatoms. The van der Waals surface area contributed by atoms with E-state index in [-0.39, 0.29) is 11.6 Å². The Morgan fingerprint density at radius 1 is 1.08 bits per heavy atom. The molecule has 0 amide bonds. The van der Waals surface area contributed by atoms with Crippen LogP contribution in [0.5, 0.6) is 0 Å². The van der Waals surface area contributed by atoms with Crippen molar-refractivity contribution in [2.45, 2.75) is 20.8 Å². The summed E-state index contributed by atoms with van der Waals surface area (Å²) in [6, 6.07) is 7.64. The Hall–Kier alpha value is -2.27. The average Bonchev–Trinajstić information content (AvgIpc) is 2.60. The first-order valence-electron chi connectivity index (χ1n) is 8.46. The van der Waals surface area contributed by atoms with Gasteiger partial charge in [0.05, 0.1) is 11.6 Å². The van der Waals surface area contributed by atoms with Gasteiger partial charge in [-0.2, -0.15) is 0 Å². The third-order valence-electron chi connectivity index (χ3n) is 4.25. The summed E-state index contributed by atoms with van der Waals surface area (Å²) in [5.41, 5.74) is 2.07. The van der Waals surface area contributed by atoms with Crippen molar-refractivity contribution in [1.82, 2.24) is 4.90 Å². The normalized spacial score (nSPS) is 19.3. The van der Waals surface area contributed by atoms with E-state index in [1.165, 1.54) is 12.2 Å². The lowest BCUT2D eigenvalue weighted by Crippen LogP contribution is -2.29. The van der Waals surface area contributed by atoms with Crippen molar-refractivity contribution < 1.29 is 9.59 Å². The lowest BCUT2D eigenvalue weighted by atomic mass is 9.92. The zero-order valence-electron chi connectivity index (χ0n) is 14.6. The van der Waals surface area contributed by atoms with Crippen LogP contribution in [0.2, 0.25) is 0 Å². The molecule has 2 rings (SSSR count). The summed E-state index contributed by atoms with van der Waals surface area (Å²) >= 11 is 0. The fourth-order valence-electron chi connectivity index (χ4n) is 2.52. The molecular weight excluding hydrogens is 302 g/mol. The van der Waals surface area contributed by atoms with E-state index >= 15 is 0 Å². The molecule has 1 aliphatic rings. The fraction of sp³-hybridized carbons (Fsp3) is 0.421. The van der Waals surface area contributed by atoms with Gasteiger partial charge in [0.1, 0.15) is 5.71 Å². The van der Waals surface area contributed by atoms with Crippen LogP contribution in [0, 0.1) is 5.92 Å². The summed E-state index contributed by atoms with van der Waals surface area (Å²) in [4.78, 5) is 30.2. The van der Waals surface area contributed by atoms with Crippen LogP contribution in [-0.2, 0) is 9.59 Å². The van der Waals surface area contributed by atoms with Gasteiger partial charge in [0.2, 0.25) is 0 Å². The summed E-state index contributed by atoms with van der Waals surface area (Å²) in [5, 5.41) is 3.38. The molecule has 1 atom stereocenters. The molecule has 0 saturated heterocycles. The van der Waals surface area contributed by atoms with Crippen LogP contribution in [0.25, 0.3) is 0 Å². The number of hydrogen-bond donors (Lipinski definition) is 1. The lowest BCUT2D eigenvalue weighted by Gasteiger charge is -2.18.